The fraction of sp³-hybridized carbons (Fsp3) is 0.0667. The monoisotopic (exact) mass is 357 g/mol. The highest BCUT2D eigenvalue weighted by Gasteiger charge is 2.07. The normalized spacial score (nSPS) is 10.4. The lowest BCUT2D eigenvalue weighted by Crippen LogP contribution is -2.22. The zero-order valence-corrected chi connectivity index (χ0v) is 13.0. The second-order valence-electron chi connectivity index (χ2n) is 4.50. The van der Waals surface area contributed by atoms with Crippen molar-refractivity contribution >= 4 is 44.4 Å². The molecular weight excluding hydrogens is 346 g/mol. The van der Waals surface area contributed by atoms with E-state index in [9.17, 15) is 4.79 Å². The van der Waals surface area contributed by atoms with E-state index < -0.39 is 0 Å². The molecule has 3 aromatic rings. The Morgan fingerprint density at radius 1 is 1.14 bits per heavy atom. The second kappa shape index (κ2) is 6.48. The molecule has 6 nitrogen and oxygen atoms in total. The third-order valence-electron chi connectivity index (χ3n) is 2.95. The number of amides is 1. The molecule has 1 aromatic carbocycles. The number of benzene rings is 1. The number of fused-ring (bicyclic) bond motifs is 1. The fourth-order valence-electron chi connectivity index (χ4n) is 1.96. The third-order valence-corrected chi connectivity index (χ3v) is 3.44. The van der Waals surface area contributed by atoms with Crippen LogP contribution in [0.5, 0.6) is 0 Å². The first-order valence-electron chi connectivity index (χ1n) is 6.57. The quantitative estimate of drug-likeness (QED) is 0.750. The van der Waals surface area contributed by atoms with Gasteiger partial charge >= 0.3 is 0 Å². The molecule has 110 valence electrons. The maximum atomic E-state index is 11.9. The molecule has 0 saturated heterocycles. The molecule has 2 N–H and O–H groups in total. The van der Waals surface area contributed by atoms with E-state index in [1.54, 1.807) is 18.3 Å². The number of carbonyl (C=O) groups is 1. The molecule has 0 fully saturated rings. The van der Waals surface area contributed by atoms with Crippen LogP contribution in [0.15, 0.2) is 53.4 Å². The van der Waals surface area contributed by atoms with Crippen molar-refractivity contribution in [1.82, 2.24) is 15.0 Å². The van der Waals surface area contributed by atoms with E-state index in [-0.39, 0.29) is 12.5 Å². The summed E-state index contributed by atoms with van der Waals surface area (Å²) in [5, 5.41) is 6.58. The van der Waals surface area contributed by atoms with E-state index in [1.165, 1.54) is 6.33 Å². The number of aromatic nitrogens is 3. The minimum absolute atomic E-state index is 0.0925. The predicted molar refractivity (Wildman–Crippen MR) is 88.6 cm³/mol. The Balaban J connectivity index is 1.71. The average molecular weight is 358 g/mol. The number of nitrogens with zero attached hydrogens (tertiary/aromatic N) is 3. The zero-order valence-electron chi connectivity index (χ0n) is 11.5. The van der Waals surface area contributed by atoms with Crippen LogP contribution in [0, 0.1) is 0 Å². The van der Waals surface area contributed by atoms with Crippen molar-refractivity contribution in [2.45, 2.75) is 0 Å². The van der Waals surface area contributed by atoms with Gasteiger partial charge in [0, 0.05) is 16.1 Å². The Morgan fingerprint density at radius 2 is 2.05 bits per heavy atom. The van der Waals surface area contributed by atoms with Gasteiger partial charge in [0.2, 0.25) is 5.91 Å². The number of hydrogen-bond acceptors (Lipinski definition) is 5. The van der Waals surface area contributed by atoms with E-state index in [1.807, 2.05) is 24.3 Å². The van der Waals surface area contributed by atoms with Gasteiger partial charge in [-0.2, -0.15) is 0 Å². The average Bonchev–Trinajstić information content (AvgIpc) is 2.54. The van der Waals surface area contributed by atoms with Crippen molar-refractivity contribution in [3.05, 3.63) is 53.4 Å². The van der Waals surface area contributed by atoms with Crippen LogP contribution >= 0.6 is 15.9 Å². The van der Waals surface area contributed by atoms with Gasteiger partial charge in [-0.1, -0.05) is 22.0 Å². The SMILES string of the molecule is O=C(CNc1ncnc2ccc(Br)cc12)Nc1ccccn1. The van der Waals surface area contributed by atoms with Crippen molar-refractivity contribution < 1.29 is 4.79 Å². The molecule has 3 rings (SSSR count). The Hall–Kier alpha value is -2.54. The van der Waals surface area contributed by atoms with Gasteiger partial charge in [-0.15, -0.1) is 0 Å². The van der Waals surface area contributed by atoms with Crippen LogP contribution in [-0.2, 0) is 4.79 Å². The van der Waals surface area contributed by atoms with Crippen LogP contribution in [0.4, 0.5) is 11.6 Å². The van der Waals surface area contributed by atoms with Crippen LogP contribution in [0.2, 0.25) is 0 Å². The molecular formula is C15H12BrN5O. The van der Waals surface area contributed by atoms with Crippen molar-refractivity contribution in [3.8, 4) is 0 Å². The van der Waals surface area contributed by atoms with Crippen molar-refractivity contribution in [2.75, 3.05) is 17.2 Å². The molecule has 0 aliphatic carbocycles. The lowest BCUT2D eigenvalue weighted by molar-refractivity contribution is -0.114. The summed E-state index contributed by atoms with van der Waals surface area (Å²) in [4.78, 5) is 24.3. The molecule has 0 aliphatic rings. The molecule has 7 heteroatoms. The van der Waals surface area contributed by atoms with E-state index in [0.29, 0.717) is 11.6 Å². The molecule has 22 heavy (non-hydrogen) atoms. The molecule has 0 saturated carbocycles. The number of pyridine rings is 1. The smallest absolute Gasteiger partial charge is 0.244 e. The molecule has 2 heterocycles. The molecule has 2 aromatic heterocycles. The van der Waals surface area contributed by atoms with Gasteiger partial charge in [0.1, 0.15) is 18.0 Å². The first kappa shape index (κ1) is 14.4. The predicted octanol–water partition coefficient (Wildman–Crippen LogP) is 2.84. The van der Waals surface area contributed by atoms with Gasteiger partial charge < -0.3 is 10.6 Å². The molecule has 1 amide bonds. The largest absolute Gasteiger partial charge is 0.360 e. The Bertz CT molecular complexity index is 809. The summed E-state index contributed by atoms with van der Waals surface area (Å²) in [5.41, 5.74) is 0.811. The number of rotatable bonds is 4. The summed E-state index contributed by atoms with van der Waals surface area (Å²) >= 11 is 3.42. The van der Waals surface area contributed by atoms with Crippen LogP contribution in [0.1, 0.15) is 0 Å². The number of anilines is 2. The molecule has 0 atom stereocenters. The molecule has 0 aliphatic heterocycles. The number of nitrogens with one attached hydrogen (secondary N) is 2. The number of hydrogen-bond donors (Lipinski definition) is 2. The highest BCUT2D eigenvalue weighted by atomic mass is 79.9. The van der Waals surface area contributed by atoms with Gasteiger partial charge in [-0.25, -0.2) is 15.0 Å². The van der Waals surface area contributed by atoms with Gasteiger partial charge in [0.15, 0.2) is 0 Å². The second-order valence-corrected chi connectivity index (χ2v) is 5.42. The summed E-state index contributed by atoms with van der Waals surface area (Å²) < 4.78 is 0.927. The first-order valence-corrected chi connectivity index (χ1v) is 7.37. The van der Waals surface area contributed by atoms with Gasteiger partial charge in [-0.05, 0) is 30.3 Å². The lowest BCUT2D eigenvalue weighted by Gasteiger charge is -2.08. The van der Waals surface area contributed by atoms with Gasteiger partial charge in [0.25, 0.3) is 0 Å². The summed E-state index contributed by atoms with van der Waals surface area (Å²) in [6, 6.07) is 11.0. The summed E-state index contributed by atoms with van der Waals surface area (Å²) in [6.07, 6.45) is 3.09. The minimum Gasteiger partial charge on any atom is -0.360 e. The van der Waals surface area contributed by atoms with E-state index in [2.05, 4.69) is 41.5 Å². The molecule has 0 bridgehead atoms. The Kier molecular flexibility index (Phi) is 4.24. The van der Waals surface area contributed by atoms with Crippen molar-refractivity contribution in [1.29, 1.82) is 0 Å². The summed E-state index contributed by atoms with van der Waals surface area (Å²) in [5.74, 6) is 0.938. The van der Waals surface area contributed by atoms with Gasteiger partial charge in [0.05, 0.1) is 12.1 Å². The van der Waals surface area contributed by atoms with E-state index >= 15 is 0 Å². The zero-order chi connectivity index (χ0) is 15.4. The van der Waals surface area contributed by atoms with Crippen LogP contribution in [-0.4, -0.2) is 27.4 Å². The van der Waals surface area contributed by atoms with Gasteiger partial charge in [-0.3, -0.25) is 4.79 Å². The maximum Gasteiger partial charge on any atom is 0.244 e. The van der Waals surface area contributed by atoms with Crippen LogP contribution < -0.4 is 10.6 Å². The minimum atomic E-state index is -0.194. The molecule has 0 unspecified atom stereocenters. The van der Waals surface area contributed by atoms with E-state index in [4.69, 9.17) is 0 Å². The Morgan fingerprint density at radius 3 is 2.86 bits per heavy atom. The molecule has 0 spiro atoms. The first-order chi connectivity index (χ1) is 10.7. The van der Waals surface area contributed by atoms with Crippen molar-refractivity contribution in [2.24, 2.45) is 0 Å². The standard InChI is InChI=1S/C15H12BrN5O/c16-10-4-5-12-11(7-10)15(20-9-19-12)18-8-14(22)21-13-3-1-2-6-17-13/h1-7,9H,8H2,(H,17,21,22)(H,18,19,20). The number of halogens is 1. The fourth-order valence-corrected chi connectivity index (χ4v) is 2.32. The highest BCUT2D eigenvalue weighted by Crippen LogP contribution is 2.23. The third kappa shape index (κ3) is 3.37. The summed E-state index contributed by atoms with van der Waals surface area (Å²) in [7, 11) is 0. The van der Waals surface area contributed by atoms with Crippen LogP contribution in [0.3, 0.4) is 0 Å². The highest BCUT2D eigenvalue weighted by molar-refractivity contribution is 9.10. The van der Waals surface area contributed by atoms with Crippen molar-refractivity contribution in [3.63, 3.8) is 0 Å². The maximum absolute atomic E-state index is 11.9. The topological polar surface area (TPSA) is 79.8 Å². The number of carbonyl (C=O) groups excluding carboxylic acids is 1. The Labute approximate surface area is 135 Å². The van der Waals surface area contributed by atoms with Crippen LogP contribution in [0.25, 0.3) is 10.9 Å². The summed E-state index contributed by atoms with van der Waals surface area (Å²) in [6.45, 7) is 0.0925. The lowest BCUT2D eigenvalue weighted by atomic mass is 10.2. The molecule has 0 radical (unpaired) electrons. The van der Waals surface area contributed by atoms with E-state index in [0.717, 1.165) is 15.4 Å².